The standard InChI is InChI=1S/C14H9F6NO2S/c1-7-2-4-8(5-3-7)24(22,23)21-10-6-9(14(18,19)20)11(15)13(17)12(10)16/h2-6,21H,1H3. The summed E-state index contributed by atoms with van der Waals surface area (Å²) in [4.78, 5) is -0.384. The molecule has 10 heteroatoms. The molecular formula is C14H9F6NO2S. The summed E-state index contributed by atoms with van der Waals surface area (Å²) in [7, 11) is -4.49. The topological polar surface area (TPSA) is 46.2 Å². The molecule has 0 radical (unpaired) electrons. The van der Waals surface area contributed by atoms with Crippen molar-refractivity contribution >= 4 is 15.7 Å². The third-order valence-electron chi connectivity index (χ3n) is 3.03. The lowest BCUT2D eigenvalue weighted by atomic mass is 10.1. The molecule has 2 rings (SSSR count). The number of sulfonamides is 1. The van der Waals surface area contributed by atoms with Crippen molar-refractivity contribution in [2.75, 3.05) is 4.72 Å². The molecule has 0 heterocycles. The van der Waals surface area contributed by atoms with E-state index in [-0.39, 0.29) is 11.0 Å². The molecule has 0 aromatic heterocycles. The first kappa shape index (κ1) is 18.1. The van der Waals surface area contributed by atoms with Crippen molar-refractivity contribution in [3.05, 3.63) is 58.9 Å². The molecule has 0 saturated heterocycles. The van der Waals surface area contributed by atoms with Crippen LogP contribution in [0.4, 0.5) is 32.0 Å². The summed E-state index contributed by atoms with van der Waals surface area (Å²) in [6, 6.07) is 4.91. The monoisotopic (exact) mass is 369 g/mol. The summed E-state index contributed by atoms with van der Waals surface area (Å²) in [6.45, 7) is 1.66. The summed E-state index contributed by atoms with van der Waals surface area (Å²) >= 11 is 0. The summed E-state index contributed by atoms with van der Waals surface area (Å²) in [6.07, 6.45) is -5.33. The summed E-state index contributed by atoms with van der Waals surface area (Å²) < 4.78 is 104. The van der Waals surface area contributed by atoms with Crippen molar-refractivity contribution in [3.8, 4) is 0 Å². The zero-order valence-electron chi connectivity index (χ0n) is 11.9. The van der Waals surface area contributed by atoms with Gasteiger partial charge in [0.15, 0.2) is 17.5 Å². The van der Waals surface area contributed by atoms with Gasteiger partial charge in [0.05, 0.1) is 16.1 Å². The molecule has 0 fully saturated rings. The maximum absolute atomic E-state index is 13.6. The van der Waals surface area contributed by atoms with Crippen molar-refractivity contribution in [3.63, 3.8) is 0 Å². The van der Waals surface area contributed by atoms with Gasteiger partial charge in [-0.3, -0.25) is 4.72 Å². The van der Waals surface area contributed by atoms with E-state index in [1.54, 1.807) is 6.92 Å². The van der Waals surface area contributed by atoms with E-state index in [1.165, 1.54) is 16.9 Å². The highest BCUT2D eigenvalue weighted by Crippen LogP contribution is 2.36. The average Bonchev–Trinajstić information content (AvgIpc) is 2.47. The van der Waals surface area contributed by atoms with E-state index in [2.05, 4.69) is 0 Å². The Balaban J connectivity index is 2.53. The van der Waals surface area contributed by atoms with E-state index >= 15 is 0 Å². The second-order valence-electron chi connectivity index (χ2n) is 4.83. The quantitative estimate of drug-likeness (QED) is 0.650. The molecule has 0 saturated carbocycles. The zero-order chi connectivity index (χ0) is 18.3. The minimum absolute atomic E-state index is 0.139. The maximum Gasteiger partial charge on any atom is 0.419 e. The normalized spacial score (nSPS) is 12.3. The SMILES string of the molecule is Cc1ccc(S(=O)(=O)Nc2cc(C(F)(F)F)c(F)c(F)c2F)cc1. The highest BCUT2D eigenvalue weighted by atomic mass is 32.2. The predicted octanol–water partition coefficient (Wildman–Crippen LogP) is 4.23. The number of benzene rings is 2. The summed E-state index contributed by atoms with van der Waals surface area (Å²) in [5.74, 6) is -6.94. The fourth-order valence-corrected chi connectivity index (χ4v) is 2.86. The highest BCUT2D eigenvalue weighted by Gasteiger charge is 2.38. The number of hydrogen-bond acceptors (Lipinski definition) is 2. The third-order valence-corrected chi connectivity index (χ3v) is 4.41. The molecule has 0 aliphatic carbocycles. The molecule has 0 amide bonds. The van der Waals surface area contributed by atoms with Crippen molar-refractivity contribution in [2.45, 2.75) is 18.0 Å². The fourth-order valence-electron chi connectivity index (χ4n) is 1.81. The first-order chi connectivity index (χ1) is 10.9. The smallest absolute Gasteiger partial charge is 0.277 e. The Morgan fingerprint density at radius 1 is 0.917 bits per heavy atom. The van der Waals surface area contributed by atoms with E-state index in [0.717, 1.165) is 12.1 Å². The molecule has 3 nitrogen and oxygen atoms in total. The van der Waals surface area contributed by atoms with Crippen LogP contribution < -0.4 is 4.72 Å². The molecule has 0 atom stereocenters. The second-order valence-corrected chi connectivity index (χ2v) is 6.51. The Labute approximate surface area is 133 Å². The van der Waals surface area contributed by atoms with E-state index in [4.69, 9.17) is 0 Å². The van der Waals surface area contributed by atoms with Crippen LogP contribution in [0, 0.1) is 24.4 Å². The second kappa shape index (κ2) is 6.00. The first-order valence-corrected chi connectivity index (χ1v) is 7.76. The highest BCUT2D eigenvalue weighted by molar-refractivity contribution is 7.92. The van der Waals surface area contributed by atoms with Crippen LogP contribution in [0.25, 0.3) is 0 Å². The van der Waals surface area contributed by atoms with Gasteiger partial charge in [-0.2, -0.15) is 13.2 Å². The van der Waals surface area contributed by atoms with E-state index < -0.39 is 44.9 Å². The number of nitrogens with one attached hydrogen (secondary N) is 1. The van der Waals surface area contributed by atoms with Crippen LogP contribution in [0.3, 0.4) is 0 Å². The number of anilines is 1. The molecule has 1 N–H and O–H groups in total. The van der Waals surface area contributed by atoms with Gasteiger partial charge in [-0.15, -0.1) is 0 Å². The molecular weight excluding hydrogens is 360 g/mol. The van der Waals surface area contributed by atoms with Crippen LogP contribution >= 0.6 is 0 Å². The largest absolute Gasteiger partial charge is 0.419 e. The fraction of sp³-hybridized carbons (Fsp3) is 0.143. The Morgan fingerprint density at radius 2 is 1.46 bits per heavy atom. The molecule has 0 unspecified atom stereocenters. The molecule has 24 heavy (non-hydrogen) atoms. The Bertz CT molecular complexity index is 876. The maximum atomic E-state index is 13.6. The van der Waals surface area contributed by atoms with Crippen LogP contribution in [0.1, 0.15) is 11.1 Å². The lowest BCUT2D eigenvalue weighted by molar-refractivity contribution is -0.140. The lowest BCUT2D eigenvalue weighted by Crippen LogP contribution is -2.17. The van der Waals surface area contributed by atoms with Gasteiger partial charge >= 0.3 is 6.18 Å². The van der Waals surface area contributed by atoms with Gasteiger partial charge in [0, 0.05) is 0 Å². The molecule has 2 aromatic carbocycles. The lowest BCUT2D eigenvalue weighted by Gasteiger charge is -2.14. The van der Waals surface area contributed by atoms with E-state index in [1.807, 2.05) is 0 Å². The van der Waals surface area contributed by atoms with Crippen LogP contribution in [-0.2, 0) is 16.2 Å². The summed E-state index contributed by atoms with van der Waals surface area (Å²) in [5, 5.41) is 0. The van der Waals surface area contributed by atoms with Gasteiger partial charge in [0.25, 0.3) is 10.0 Å². The number of halogens is 6. The molecule has 0 spiro atoms. The number of aryl methyl sites for hydroxylation is 1. The third kappa shape index (κ3) is 3.48. The zero-order valence-corrected chi connectivity index (χ0v) is 12.7. The van der Waals surface area contributed by atoms with Crippen LogP contribution in [0.2, 0.25) is 0 Å². The first-order valence-electron chi connectivity index (χ1n) is 6.27. The molecule has 0 bridgehead atoms. The van der Waals surface area contributed by atoms with Crippen molar-refractivity contribution in [1.29, 1.82) is 0 Å². The number of hydrogen-bond donors (Lipinski definition) is 1. The van der Waals surface area contributed by atoms with Gasteiger partial charge in [0.1, 0.15) is 0 Å². The Morgan fingerprint density at radius 3 is 1.96 bits per heavy atom. The minimum atomic E-state index is -5.33. The Kier molecular flexibility index (Phi) is 4.53. The molecule has 0 aliphatic heterocycles. The van der Waals surface area contributed by atoms with Crippen molar-refractivity contribution in [2.24, 2.45) is 0 Å². The van der Waals surface area contributed by atoms with Crippen molar-refractivity contribution in [1.82, 2.24) is 0 Å². The predicted molar refractivity (Wildman–Crippen MR) is 73.3 cm³/mol. The average molecular weight is 369 g/mol. The Hall–Kier alpha value is -2.23. The van der Waals surface area contributed by atoms with Gasteiger partial charge in [0.2, 0.25) is 0 Å². The number of alkyl halides is 3. The molecule has 130 valence electrons. The van der Waals surface area contributed by atoms with Gasteiger partial charge in [-0.05, 0) is 25.1 Å². The van der Waals surface area contributed by atoms with Crippen molar-refractivity contribution < 1.29 is 34.8 Å². The summed E-state index contributed by atoms with van der Waals surface area (Å²) in [5.41, 5.74) is -2.77. The van der Waals surface area contributed by atoms with Crippen LogP contribution in [0.5, 0.6) is 0 Å². The van der Waals surface area contributed by atoms with Gasteiger partial charge in [-0.25, -0.2) is 21.6 Å². The van der Waals surface area contributed by atoms with Crippen LogP contribution in [0.15, 0.2) is 35.2 Å². The minimum Gasteiger partial charge on any atom is -0.277 e. The van der Waals surface area contributed by atoms with Gasteiger partial charge < -0.3 is 0 Å². The molecule has 2 aromatic rings. The molecule has 0 aliphatic rings. The van der Waals surface area contributed by atoms with E-state index in [9.17, 15) is 34.8 Å². The van der Waals surface area contributed by atoms with Crippen LogP contribution in [-0.4, -0.2) is 8.42 Å². The van der Waals surface area contributed by atoms with Gasteiger partial charge in [-0.1, -0.05) is 17.7 Å². The van der Waals surface area contributed by atoms with E-state index in [0.29, 0.717) is 5.56 Å². The number of rotatable bonds is 3.